The third-order valence-corrected chi connectivity index (χ3v) is 5.96. The quantitative estimate of drug-likeness (QED) is 0.908. The second-order valence-electron chi connectivity index (χ2n) is 6.88. The minimum Gasteiger partial charge on any atom is -0.474 e. The van der Waals surface area contributed by atoms with Gasteiger partial charge in [0.15, 0.2) is 0 Å². The van der Waals surface area contributed by atoms with Crippen molar-refractivity contribution in [2.75, 3.05) is 0 Å². The lowest BCUT2D eigenvalue weighted by atomic mass is 9.70. The van der Waals surface area contributed by atoms with Crippen LogP contribution in [-0.2, 0) is 6.61 Å². The van der Waals surface area contributed by atoms with E-state index in [2.05, 4.69) is 25.8 Å². The first-order valence-electron chi connectivity index (χ1n) is 7.20. The van der Waals surface area contributed by atoms with Gasteiger partial charge < -0.3 is 9.84 Å². The Balaban J connectivity index is 1.82. The van der Waals surface area contributed by atoms with Crippen molar-refractivity contribution in [3.8, 4) is 5.88 Å². The van der Waals surface area contributed by atoms with Crippen LogP contribution < -0.4 is 4.74 Å². The lowest BCUT2D eigenvalue weighted by molar-refractivity contribution is 0.0272. The first kappa shape index (κ1) is 12.9. The van der Waals surface area contributed by atoms with Crippen LogP contribution in [0.3, 0.4) is 0 Å². The number of pyridine rings is 1. The molecule has 104 valence electrons. The van der Waals surface area contributed by atoms with E-state index < -0.39 is 0 Å². The minimum absolute atomic E-state index is 0.0366. The van der Waals surface area contributed by atoms with Crippen LogP contribution in [-0.4, -0.2) is 16.2 Å². The summed E-state index contributed by atoms with van der Waals surface area (Å²) in [5.41, 5.74) is 1.46. The van der Waals surface area contributed by atoms with E-state index in [0.717, 1.165) is 17.9 Å². The molecule has 2 fully saturated rings. The van der Waals surface area contributed by atoms with Gasteiger partial charge in [0.05, 0.1) is 6.61 Å². The van der Waals surface area contributed by atoms with Crippen molar-refractivity contribution in [1.82, 2.24) is 4.98 Å². The van der Waals surface area contributed by atoms with Gasteiger partial charge in [0.25, 0.3) is 0 Å². The maximum Gasteiger partial charge on any atom is 0.213 e. The second-order valence-corrected chi connectivity index (χ2v) is 6.88. The average Bonchev–Trinajstić information content (AvgIpc) is 2.72. The molecule has 1 N–H and O–H groups in total. The third kappa shape index (κ3) is 1.78. The van der Waals surface area contributed by atoms with E-state index in [1.54, 1.807) is 6.20 Å². The van der Waals surface area contributed by atoms with Crippen molar-refractivity contribution in [3.05, 3.63) is 23.9 Å². The molecule has 19 heavy (non-hydrogen) atoms. The number of nitrogens with zero attached hydrogens (tertiary/aromatic N) is 1. The van der Waals surface area contributed by atoms with Gasteiger partial charge in [-0.05, 0) is 42.2 Å². The van der Waals surface area contributed by atoms with Crippen LogP contribution in [0.1, 0.15) is 45.6 Å². The predicted octanol–water partition coefficient (Wildman–Crippen LogP) is 3.17. The molecule has 3 heteroatoms. The van der Waals surface area contributed by atoms with Crippen LogP contribution in [0, 0.1) is 16.7 Å². The van der Waals surface area contributed by atoms with Crippen molar-refractivity contribution in [2.45, 2.75) is 52.7 Å². The molecule has 0 spiro atoms. The molecule has 3 rings (SSSR count). The van der Waals surface area contributed by atoms with Gasteiger partial charge in [-0.3, -0.25) is 0 Å². The Morgan fingerprint density at radius 1 is 1.42 bits per heavy atom. The van der Waals surface area contributed by atoms with Crippen LogP contribution in [0.4, 0.5) is 0 Å². The molecule has 0 amide bonds. The van der Waals surface area contributed by atoms with Gasteiger partial charge in [-0.25, -0.2) is 4.98 Å². The molecule has 1 aromatic heterocycles. The summed E-state index contributed by atoms with van der Waals surface area (Å²) in [7, 11) is 0. The standard InChI is InChI=1S/C16H23NO2/c1-15(2)12-4-6-16(15,3)13(9-12)19-14-8-11(10-18)5-7-17-14/h5,7-8,12-13,18H,4,6,9-10H2,1-3H3. The molecule has 0 aliphatic heterocycles. The van der Waals surface area contributed by atoms with Crippen molar-refractivity contribution < 1.29 is 9.84 Å². The molecular weight excluding hydrogens is 238 g/mol. The molecule has 0 radical (unpaired) electrons. The van der Waals surface area contributed by atoms with Crippen molar-refractivity contribution in [1.29, 1.82) is 0 Å². The van der Waals surface area contributed by atoms with Gasteiger partial charge in [-0.1, -0.05) is 20.8 Å². The Morgan fingerprint density at radius 3 is 2.79 bits per heavy atom. The highest BCUT2D eigenvalue weighted by Gasteiger charge is 2.62. The van der Waals surface area contributed by atoms with Gasteiger partial charge in [0.2, 0.25) is 5.88 Å². The van der Waals surface area contributed by atoms with Gasteiger partial charge >= 0.3 is 0 Å². The zero-order valence-corrected chi connectivity index (χ0v) is 12.0. The number of aliphatic hydroxyl groups excluding tert-OH is 1. The van der Waals surface area contributed by atoms with E-state index in [9.17, 15) is 5.11 Å². The molecule has 2 saturated carbocycles. The maximum atomic E-state index is 9.18. The number of ether oxygens (including phenoxy) is 1. The highest BCUT2D eigenvalue weighted by atomic mass is 16.5. The van der Waals surface area contributed by atoms with Gasteiger partial charge in [0.1, 0.15) is 6.10 Å². The molecular formula is C16H23NO2. The number of aromatic nitrogens is 1. The Morgan fingerprint density at radius 2 is 2.21 bits per heavy atom. The molecule has 1 heterocycles. The average molecular weight is 261 g/mol. The zero-order valence-electron chi connectivity index (χ0n) is 12.0. The van der Waals surface area contributed by atoms with E-state index in [4.69, 9.17) is 4.74 Å². The number of aliphatic hydroxyl groups is 1. The molecule has 3 atom stereocenters. The van der Waals surface area contributed by atoms with Gasteiger partial charge in [0, 0.05) is 17.7 Å². The molecule has 1 aromatic rings. The summed E-state index contributed by atoms with van der Waals surface area (Å²) in [6.45, 7) is 7.16. The molecule has 0 saturated heterocycles. The van der Waals surface area contributed by atoms with E-state index in [1.165, 1.54) is 12.8 Å². The Bertz CT molecular complexity index is 485. The molecule has 2 bridgehead atoms. The largest absolute Gasteiger partial charge is 0.474 e. The molecule has 0 aromatic carbocycles. The van der Waals surface area contributed by atoms with Gasteiger partial charge in [-0.15, -0.1) is 0 Å². The summed E-state index contributed by atoms with van der Waals surface area (Å²) >= 11 is 0. The lowest BCUT2D eigenvalue weighted by Crippen LogP contribution is -2.39. The lowest BCUT2D eigenvalue weighted by Gasteiger charge is -2.38. The van der Waals surface area contributed by atoms with Gasteiger partial charge in [-0.2, -0.15) is 0 Å². The molecule has 3 nitrogen and oxygen atoms in total. The summed E-state index contributed by atoms with van der Waals surface area (Å²) in [4.78, 5) is 4.28. The topological polar surface area (TPSA) is 42.4 Å². The highest BCUT2D eigenvalue weighted by molar-refractivity contribution is 5.21. The van der Waals surface area contributed by atoms with Crippen LogP contribution in [0.2, 0.25) is 0 Å². The predicted molar refractivity (Wildman–Crippen MR) is 73.8 cm³/mol. The monoisotopic (exact) mass is 261 g/mol. The first-order valence-corrected chi connectivity index (χ1v) is 7.20. The fourth-order valence-electron chi connectivity index (χ4n) is 4.07. The summed E-state index contributed by atoms with van der Waals surface area (Å²) < 4.78 is 6.17. The normalized spacial score (nSPS) is 35.6. The Hall–Kier alpha value is -1.09. The fraction of sp³-hybridized carbons (Fsp3) is 0.688. The number of hydrogen-bond donors (Lipinski definition) is 1. The SMILES string of the molecule is CC1(C)C2CCC1(C)C(Oc1cc(CO)ccn1)C2. The van der Waals surface area contributed by atoms with Crippen LogP contribution in [0.5, 0.6) is 5.88 Å². The highest BCUT2D eigenvalue weighted by Crippen LogP contribution is 2.66. The second kappa shape index (κ2) is 4.20. The number of rotatable bonds is 3. The summed E-state index contributed by atoms with van der Waals surface area (Å²) in [5, 5.41) is 9.18. The third-order valence-electron chi connectivity index (χ3n) is 5.96. The van der Waals surface area contributed by atoms with Crippen molar-refractivity contribution in [2.24, 2.45) is 16.7 Å². The Kier molecular flexibility index (Phi) is 2.86. The number of fused-ring (bicyclic) bond motifs is 2. The maximum absolute atomic E-state index is 9.18. The van der Waals surface area contributed by atoms with E-state index in [1.807, 2.05) is 12.1 Å². The molecule has 2 aliphatic rings. The first-order chi connectivity index (χ1) is 8.97. The zero-order chi connectivity index (χ0) is 13.7. The molecule has 2 aliphatic carbocycles. The number of hydrogen-bond acceptors (Lipinski definition) is 3. The van der Waals surface area contributed by atoms with Crippen LogP contribution in [0.15, 0.2) is 18.3 Å². The summed E-state index contributed by atoms with van der Waals surface area (Å²) in [6.07, 6.45) is 5.67. The van der Waals surface area contributed by atoms with E-state index in [0.29, 0.717) is 11.3 Å². The summed E-state index contributed by atoms with van der Waals surface area (Å²) in [5.74, 6) is 1.42. The molecule has 3 unspecified atom stereocenters. The van der Waals surface area contributed by atoms with Crippen molar-refractivity contribution >= 4 is 0 Å². The van der Waals surface area contributed by atoms with E-state index in [-0.39, 0.29) is 18.1 Å². The fourth-order valence-corrected chi connectivity index (χ4v) is 4.07. The minimum atomic E-state index is 0.0366. The van der Waals surface area contributed by atoms with E-state index >= 15 is 0 Å². The smallest absolute Gasteiger partial charge is 0.213 e. The van der Waals surface area contributed by atoms with Crippen LogP contribution in [0.25, 0.3) is 0 Å². The Labute approximate surface area is 115 Å². The summed E-state index contributed by atoms with van der Waals surface area (Å²) in [6, 6.07) is 3.67. The van der Waals surface area contributed by atoms with Crippen LogP contribution >= 0.6 is 0 Å². The van der Waals surface area contributed by atoms with Crippen molar-refractivity contribution in [3.63, 3.8) is 0 Å².